The molecular weight excluding hydrogens is 223 g/mol. The second kappa shape index (κ2) is 3.79. The van der Waals surface area contributed by atoms with Gasteiger partial charge in [0, 0.05) is 11.4 Å². The zero-order chi connectivity index (χ0) is 10.1. The first-order valence-corrected chi connectivity index (χ1v) is 5.18. The Hall–Kier alpha value is -0.730. The minimum atomic E-state index is -0.146. The number of alkyl halides is 1. The first kappa shape index (κ1) is 9.81. The number of ether oxygens (including phenoxy) is 1. The maximum Gasteiger partial charge on any atom is 0.181 e. The highest BCUT2D eigenvalue weighted by atomic mass is 35.5. The van der Waals surface area contributed by atoms with Crippen LogP contribution in [0.2, 0.25) is 5.02 Å². The molecule has 1 heterocycles. The Morgan fingerprint density at radius 3 is 3.00 bits per heavy atom. The number of halogens is 2. The molecule has 74 valence electrons. The predicted octanol–water partition coefficient (Wildman–Crippen LogP) is 2.70. The second-order valence-corrected chi connectivity index (χ2v) is 3.80. The van der Waals surface area contributed by atoms with Crippen LogP contribution in [0.1, 0.15) is 15.9 Å². The normalized spacial score (nSPS) is 13.6. The van der Waals surface area contributed by atoms with E-state index in [1.165, 1.54) is 0 Å². The molecule has 0 bridgehead atoms. The van der Waals surface area contributed by atoms with Gasteiger partial charge in [-0.1, -0.05) is 11.6 Å². The lowest BCUT2D eigenvalue weighted by Crippen LogP contribution is -2.03. The third-order valence-electron chi connectivity index (χ3n) is 2.17. The molecule has 2 rings (SSSR count). The molecule has 0 unspecified atom stereocenters. The van der Waals surface area contributed by atoms with E-state index >= 15 is 0 Å². The Labute approximate surface area is 91.8 Å². The highest BCUT2D eigenvalue weighted by Gasteiger charge is 2.21. The van der Waals surface area contributed by atoms with Crippen molar-refractivity contribution in [1.82, 2.24) is 0 Å². The number of rotatable bonds is 2. The smallest absolute Gasteiger partial charge is 0.181 e. The molecule has 0 radical (unpaired) electrons. The van der Waals surface area contributed by atoms with Crippen LogP contribution >= 0.6 is 23.2 Å². The van der Waals surface area contributed by atoms with Crippen LogP contribution in [0.15, 0.2) is 12.1 Å². The molecule has 0 fully saturated rings. The van der Waals surface area contributed by atoms with Gasteiger partial charge in [0.25, 0.3) is 0 Å². The van der Waals surface area contributed by atoms with Gasteiger partial charge in [-0.05, 0) is 17.7 Å². The fourth-order valence-corrected chi connectivity index (χ4v) is 1.93. The summed E-state index contributed by atoms with van der Waals surface area (Å²) in [5, 5.41) is 0.558. The van der Waals surface area contributed by atoms with Gasteiger partial charge in [0.05, 0.1) is 18.1 Å². The molecule has 0 saturated heterocycles. The van der Waals surface area contributed by atoms with Gasteiger partial charge < -0.3 is 4.74 Å². The summed E-state index contributed by atoms with van der Waals surface area (Å²) < 4.78 is 5.37. The van der Waals surface area contributed by atoms with Crippen molar-refractivity contribution >= 4 is 29.0 Å². The molecule has 4 heteroatoms. The summed E-state index contributed by atoms with van der Waals surface area (Å²) in [6.07, 6.45) is 0.804. The van der Waals surface area contributed by atoms with E-state index in [0.717, 1.165) is 12.0 Å². The minimum Gasteiger partial charge on any atom is -0.492 e. The molecule has 1 aromatic carbocycles. The van der Waals surface area contributed by atoms with E-state index in [1.54, 1.807) is 6.07 Å². The van der Waals surface area contributed by atoms with Gasteiger partial charge in [0.1, 0.15) is 5.75 Å². The van der Waals surface area contributed by atoms with Crippen molar-refractivity contribution in [1.29, 1.82) is 0 Å². The highest BCUT2D eigenvalue weighted by molar-refractivity contribution is 6.33. The molecule has 1 aliphatic heterocycles. The summed E-state index contributed by atoms with van der Waals surface area (Å²) >= 11 is 11.4. The van der Waals surface area contributed by atoms with E-state index < -0.39 is 0 Å². The van der Waals surface area contributed by atoms with Gasteiger partial charge in [-0.25, -0.2) is 0 Å². The lowest BCUT2D eigenvalue weighted by Gasteiger charge is -2.05. The van der Waals surface area contributed by atoms with Crippen LogP contribution in [0.4, 0.5) is 0 Å². The number of benzene rings is 1. The highest BCUT2D eigenvalue weighted by Crippen LogP contribution is 2.33. The van der Waals surface area contributed by atoms with Crippen molar-refractivity contribution in [2.24, 2.45) is 0 Å². The third-order valence-corrected chi connectivity index (χ3v) is 2.63. The molecular formula is C10H8Cl2O2. The Morgan fingerprint density at radius 1 is 1.50 bits per heavy atom. The zero-order valence-corrected chi connectivity index (χ0v) is 8.86. The number of ketones is 1. The number of fused-ring (bicyclic) bond motifs is 1. The minimum absolute atomic E-state index is 0.0455. The first-order valence-electron chi connectivity index (χ1n) is 4.26. The van der Waals surface area contributed by atoms with Crippen molar-refractivity contribution in [2.75, 3.05) is 12.5 Å². The van der Waals surface area contributed by atoms with Crippen LogP contribution in [-0.2, 0) is 6.42 Å². The quantitative estimate of drug-likeness (QED) is 0.577. The average molecular weight is 231 g/mol. The Bertz CT molecular complexity index is 388. The monoisotopic (exact) mass is 230 g/mol. The molecule has 1 aromatic rings. The second-order valence-electron chi connectivity index (χ2n) is 3.10. The number of carbonyl (C=O) groups is 1. The van der Waals surface area contributed by atoms with Gasteiger partial charge in [-0.15, -0.1) is 11.6 Å². The maximum absolute atomic E-state index is 11.5. The van der Waals surface area contributed by atoms with Crippen LogP contribution in [0.5, 0.6) is 5.75 Å². The Balaban J connectivity index is 2.54. The SMILES string of the molecule is O=C(CCl)c1cc(Cl)cc2c1OCC2. The van der Waals surface area contributed by atoms with Crippen LogP contribution in [-0.4, -0.2) is 18.3 Å². The lowest BCUT2D eigenvalue weighted by atomic mass is 10.1. The predicted molar refractivity (Wildman–Crippen MR) is 55.7 cm³/mol. The molecule has 0 N–H and O–H groups in total. The average Bonchev–Trinajstić information content (AvgIpc) is 2.62. The summed E-state index contributed by atoms with van der Waals surface area (Å²) in [7, 11) is 0. The van der Waals surface area contributed by atoms with E-state index in [2.05, 4.69) is 0 Å². The summed E-state index contributed by atoms with van der Waals surface area (Å²) in [6.45, 7) is 0.609. The molecule has 2 nitrogen and oxygen atoms in total. The van der Waals surface area contributed by atoms with Crippen LogP contribution in [0.25, 0.3) is 0 Å². The van der Waals surface area contributed by atoms with Crippen molar-refractivity contribution in [2.45, 2.75) is 6.42 Å². The van der Waals surface area contributed by atoms with E-state index in [0.29, 0.717) is 22.9 Å². The molecule has 0 atom stereocenters. The molecule has 14 heavy (non-hydrogen) atoms. The molecule has 0 aromatic heterocycles. The largest absolute Gasteiger partial charge is 0.492 e. The van der Waals surface area contributed by atoms with Crippen LogP contribution in [0.3, 0.4) is 0 Å². The van der Waals surface area contributed by atoms with Gasteiger partial charge in [0.2, 0.25) is 0 Å². The summed E-state index contributed by atoms with van der Waals surface area (Å²) in [5.74, 6) is 0.461. The third kappa shape index (κ3) is 1.60. The van der Waals surface area contributed by atoms with E-state index in [4.69, 9.17) is 27.9 Å². The van der Waals surface area contributed by atoms with E-state index in [1.807, 2.05) is 6.07 Å². The Kier molecular flexibility index (Phi) is 2.66. The van der Waals surface area contributed by atoms with Crippen LogP contribution in [0, 0.1) is 0 Å². The first-order chi connectivity index (χ1) is 6.72. The topological polar surface area (TPSA) is 26.3 Å². The Morgan fingerprint density at radius 2 is 2.29 bits per heavy atom. The summed E-state index contributed by atoms with van der Waals surface area (Å²) in [5.41, 5.74) is 1.49. The summed E-state index contributed by atoms with van der Waals surface area (Å²) in [4.78, 5) is 11.5. The number of carbonyl (C=O) groups excluding carboxylic acids is 1. The number of hydrogen-bond acceptors (Lipinski definition) is 2. The van der Waals surface area contributed by atoms with Crippen molar-refractivity contribution in [3.63, 3.8) is 0 Å². The zero-order valence-electron chi connectivity index (χ0n) is 7.35. The van der Waals surface area contributed by atoms with Gasteiger partial charge in [-0.2, -0.15) is 0 Å². The van der Waals surface area contributed by atoms with Crippen LogP contribution < -0.4 is 4.74 Å². The van der Waals surface area contributed by atoms with Gasteiger partial charge in [-0.3, -0.25) is 4.79 Å². The molecule has 1 aliphatic rings. The molecule has 0 amide bonds. The maximum atomic E-state index is 11.5. The molecule has 0 aliphatic carbocycles. The fourth-order valence-electron chi connectivity index (χ4n) is 1.55. The fraction of sp³-hybridized carbons (Fsp3) is 0.300. The van der Waals surface area contributed by atoms with Crippen molar-refractivity contribution in [3.8, 4) is 5.75 Å². The van der Waals surface area contributed by atoms with Crippen molar-refractivity contribution in [3.05, 3.63) is 28.3 Å². The lowest BCUT2D eigenvalue weighted by molar-refractivity contribution is 0.101. The molecule has 0 saturated carbocycles. The van der Waals surface area contributed by atoms with E-state index in [9.17, 15) is 4.79 Å². The number of hydrogen-bond donors (Lipinski definition) is 0. The standard InChI is InChI=1S/C10H8Cl2O2/c11-5-9(13)8-4-7(12)3-6-1-2-14-10(6)8/h3-4H,1-2,5H2. The number of Topliss-reactive ketones (excluding diaryl/α,β-unsaturated/α-hetero) is 1. The summed E-state index contributed by atoms with van der Waals surface area (Å²) in [6, 6.07) is 3.44. The molecule has 0 spiro atoms. The van der Waals surface area contributed by atoms with Gasteiger partial charge in [0.15, 0.2) is 5.78 Å². The van der Waals surface area contributed by atoms with E-state index in [-0.39, 0.29) is 11.7 Å². The van der Waals surface area contributed by atoms with Crippen molar-refractivity contribution < 1.29 is 9.53 Å². The van der Waals surface area contributed by atoms with Gasteiger partial charge >= 0.3 is 0 Å².